The first-order valence-corrected chi connectivity index (χ1v) is 8.28. The van der Waals surface area contributed by atoms with Crippen LogP contribution in [0.2, 0.25) is 0 Å². The zero-order valence-corrected chi connectivity index (χ0v) is 15.3. The molecule has 1 amide bonds. The Morgan fingerprint density at radius 1 is 1.12 bits per heavy atom. The fourth-order valence-corrected chi connectivity index (χ4v) is 2.87. The van der Waals surface area contributed by atoms with Crippen LogP contribution in [0.4, 0.5) is 4.79 Å². The Bertz CT molecular complexity index is 676. The number of ether oxygens (including phenoxy) is 3. The van der Waals surface area contributed by atoms with Crippen LogP contribution in [0.15, 0.2) is 46.9 Å². The number of methoxy groups -OCH3 is 2. The van der Waals surface area contributed by atoms with Crippen LogP contribution < -0.4 is 14.8 Å². The second-order valence-corrected chi connectivity index (χ2v) is 5.89. The topological polar surface area (TPSA) is 56.8 Å². The van der Waals surface area contributed by atoms with E-state index in [1.54, 1.807) is 14.2 Å². The van der Waals surface area contributed by atoms with Gasteiger partial charge < -0.3 is 19.5 Å². The smallest absolute Gasteiger partial charge is 0.407 e. The summed E-state index contributed by atoms with van der Waals surface area (Å²) >= 11 is 3.45. The second-order valence-electron chi connectivity index (χ2n) is 5.04. The first kappa shape index (κ1) is 18.1. The van der Waals surface area contributed by atoms with E-state index in [0.717, 1.165) is 27.1 Å². The maximum absolute atomic E-state index is 11.8. The highest BCUT2D eigenvalue weighted by Gasteiger charge is 2.11. The average Bonchev–Trinajstić information content (AvgIpc) is 2.60. The molecule has 2 aromatic carbocycles. The minimum Gasteiger partial charge on any atom is -0.497 e. The van der Waals surface area contributed by atoms with Crippen LogP contribution in [0.3, 0.4) is 0 Å². The molecule has 0 aliphatic heterocycles. The summed E-state index contributed by atoms with van der Waals surface area (Å²) in [6.45, 7) is 0.685. The Labute approximate surface area is 150 Å². The molecule has 0 radical (unpaired) electrons. The second kappa shape index (κ2) is 9.17. The van der Waals surface area contributed by atoms with Gasteiger partial charge in [-0.3, -0.25) is 0 Å². The molecule has 0 bridgehead atoms. The lowest BCUT2D eigenvalue weighted by molar-refractivity contribution is 0.140. The third kappa shape index (κ3) is 5.16. The molecule has 2 aromatic rings. The number of carbonyl (C=O) groups is 1. The molecule has 1 N–H and O–H groups in total. The molecule has 24 heavy (non-hydrogen) atoms. The number of amides is 1. The van der Waals surface area contributed by atoms with Crippen LogP contribution in [-0.4, -0.2) is 26.9 Å². The van der Waals surface area contributed by atoms with Gasteiger partial charge in [0.1, 0.15) is 18.1 Å². The SMILES string of the molecule is COc1cc(Br)c(OC)c(CCNC(=O)OCc2ccccc2)c1. The average molecular weight is 394 g/mol. The summed E-state index contributed by atoms with van der Waals surface area (Å²) in [6, 6.07) is 13.3. The molecule has 2 rings (SSSR count). The van der Waals surface area contributed by atoms with Crippen molar-refractivity contribution in [2.75, 3.05) is 20.8 Å². The Kier molecular flexibility index (Phi) is 6.93. The van der Waals surface area contributed by atoms with Gasteiger partial charge in [-0.25, -0.2) is 4.79 Å². The number of nitrogens with one attached hydrogen (secondary N) is 1. The van der Waals surface area contributed by atoms with E-state index in [-0.39, 0.29) is 6.61 Å². The van der Waals surface area contributed by atoms with Gasteiger partial charge in [-0.2, -0.15) is 0 Å². The van der Waals surface area contributed by atoms with Crippen molar-refractivity contribution in [3.63, 3.8) is 0 Å². The van der Waals surface area contributed by atoms with Gasteiger partial charge in [0.25, 0.3) is 0 Å². The van der Waals surface area contributed by atoms with E-state index in [9.17, 15) is 4.79 Å². The molecule has 0 aromatic heterocycles. The van der Waals surface area contributed by atoms with Gasteiger partial charge in [0, 0.05) is 12.1 Å². The van der Waals surface area contributed by atoms with Crippen molar-refractivity contribution >= 4 is 22.0 Å². The van der Waals surface area contributed by atoms with Gasteiger partial charge >= 0.3 is 6.09 Å². The van der Waals surface area contributed by atoms with Gasteiger partial charge in [0.15, 0.2) is 0 Å². The lowest BCUT2D eigenvalue weighted by Crippen LogP contribution is -2.26. The summed E-state index contributed by atoms with van der Waals surface area (Å²) in [5, 5.41) is 2.74. The number of carbonyl (C=O) groups excluding carboxylic acids is 1. The maximum atomic E-state index is 11.8. The van der Waals surface area contributed by atoms with Crippen molar-refractivity contribution < 1.29 is 19.0 Å². The van der Waals surface area contributed by atoms with Gasteiger partial charge in [-0.1, -0.05) is 30.3 Å². The normalized spacial score (nSPS) is 10.1. The Morgan fingerprint density at radius 2 is 1.88 bits per heavy atom. The number of hydrogen-bond acceptors (Lipinski definition) is 4. The van der Waals surface area contributed by atoms with Crippen LogP contribution in [-0.2, 0) is 17.8 Å². The summed E-state index contributed by atoms with van der Waals surface area (Å²) in [5.41, 5.74) is 1.89. The molecule has 0 fully saturated rings. The van der Waals surface area contributed by atoms with E-state index in [0.29, 0.717) is 13.0 Å². The Balaban J connectivity index is 1.85. The predicted octanol–water partition coefficient (Wildman–Crippen LogP) is 3.94. The summed E-state index contributed by atoms with van der Waals surface area (Å²) in [6.07, 6.45) is 0.152. The standard InChI is InChI=1S/C18H20BrNO4/c1-22-15-10-14(17(23-2)16(19)11-15)8-9-20-18(21)24-12-13-6-4-3-5-7-13/h3-7,10-11H,8-9,12H2,1-2H3,(H,20,21). The van der Waals surface area contributed by atoms with Crippen molar-refractivity contribution in [1.82, 2.24) is 5.32 Å². The van der Waals surface area contributed by atoms with Crippen molar-refractivity contribution in [1.29, 1.82) is 0 Å². The van der Waals surface area contributed by atoms with Gasteiger partial charge in [-0.15, -0.1) is 0 Å². The lowest BCUT2D eigenvalue weighted by atomic mass is 10.1. The van der Waals surface area contributed by atoms with E-state index in [1.807, 2.05) is 42.5 Å². The van der Waals surface area contributed by atoms with Crippen molar-refractivity contribution in [2.45, 2.75) is 13.0 Å². The molecule has 0 unspecified atom stereocenters. The molecule has 0 heterocycles. The molecule has 0 aliphatic rings. The molecule has 0 spiro atoms. The zero-order valence-electron chi connectivity index (χ0n) is 13.7. The monoisotopic (exact) mass is 393 g/mol. The third-order valence-corrected chi connectivity index (χ3v) is 4.00. The molecule has 0 saturated heterocycles. The summed E-state index contributed by atoms with van der Waals surface area (Å²) < 4.78 is 16.6. The maximum Gasteiger partial charge on any atom is 0.407 e. The number of rotatable bonds is 7. The van der Waals surface area contributed by atoms with Gasteiger partial charge in [0.05, 0.1) is 18.7 Å². The van der Waals surface area contributed by atoms with Gasteiger partial charge in [-0.05, 0) is 40.0 Å². The number of hydrogen-bond donors (Lipinski definition) is 1. The molecular formula is C18H20BrNO4. The van der Waals surface area contributed by atoms with Crippen LogP contribution in [0.5, 0.6) is 11.5 Å². The minimum absolute atomic E-state index is 0.251. The fourth-order valence-electron chi connectivity index (χ4n) is 2.23. The molecule has 0 saturated carbocycles. The van der Waals surface area contributed by atoms with E-state index in [4.69, 9.17) is 14.2 Å². The highest BCUT2D eigenvalue weighted by molar-refractivity contribution is 9.10. The van der Waals surface area contributed by atoms with Crippen molar-refractivity contribution in [2.24, 2.45) is 0 Å². The van der Waals surface area contributed by atoms with Crippen LogP contribution >= 0.6 is 15.9 Å². The van der Waals surface area contributed by atoms with Crippen LogP contribution in [0.1, 0.15) is 11.1 Å². The molecule has 128 valence electrons. The molecule has 0 aliphatic carbocycles. The number of halogens is 1. The van der Waals surface area contributed by atoms with Crippen molar-refractivity contribution in [3.8, 4) is 11.5 Å². The molecule has 5 nitrogen and oxygen atoms in total. The van der Waals surface area contributed by atoms with Crippen molar-refractivity contribution in [3.05, 3.63) is 58.1 Å². The number of alkyl carbamates (subject to hydrolysis) is 1. The van der Waals surface area contributed by atoms with E-state index in [2.05, 4.69) is 21.2 Å². The fraction of sp³-hybridized carbons (Fsp3) is 0.278. The quantitative estimate of drug-likeness (QED) is 0.773. The Hall–Kier alpha value is -2.21. The molecule has 0 atom stereocenters. The largest absolute Gasteiger partial charge is 0.497 e. The summed E-state index contributed by atoms with van der Waals surface area (Å²) in [5.74, 6) is 1.46. The number of benzene rings is 2. The van der Waals surface area contributed by atoms with E-state index < -0.39 is 6.09 Å². The summed E-state index contributed by atoms with van der Waals surface area (Å²) in [4.78, 5) is 11.8. The first-order chi connectivity index (χ1) is 11.6. The van der Waals surface area contributed by atoms with Crippen LogP contribution in [0.25, 0.3) is 0 Å². The summed E-state index contributed by atoms with van der Waals surface area (Å²) in [7, 11) is 3.22. The van der Waals surface area contributed by atoms with E-state index >= 15 is 0 Å². The highest BCUT2D eigenvalue weighted by Crippen LogP contribution is 2.33. The highest BCUT2D eigenvalue weighted by atomic mass is 79.9. The van der Waals surface area contributed by atoms with Crippen LogP contribution in [0, 0.1) is 0 Å². The lowest BCUT2D eigenvalue weighted by Gasteiger charge is -2.13. The zero-order chi connectivity index (χ0) is 17.4. The molecular weight excluding hydrogens is 374 g/mol. The molecule has 6 heteroatoms. The first-order valence-electron chi connectivity index (χ1n) is 7.49. The third-order valence-electron chi connectivity index (χ3n) is 3.41. The van der Waals surface area contributed by atoms with E-state index in [1.165, 1.54) is 0 Å². The Morgan fingerprint density at radius 3 is 2.54 bits per heavy atom. The minimum atomic E-state index is -0.445. The predicted molar refractivity (Wildman–Crippen MR) is 95.6 cm³/mol. The van der Waals surface area contributed by atoms with Gasteiger partial charge in [0.2, 0.25) is 0 Å².